The minimum atomic E-state index is -0.426. The number of hydrogen-bond acceptors (Lipinski definition) is 4. The van der Waals surface area contributed by atoms with Crippen molar-refractivity contribution in [2.24, 2.45) is 0 Å². The van der Waals surface area contributed by atoms with Gasteiger partial charge in [0.2, 0.25) is 0 Å². The van der Waals surface area contributed by atoms with Gasteiger partial charge in [-0.3, -0.25) is 9.20 Å². The monoisotopic (exact) mass is 386 g/mol. The molecule has 0 spiro atoms. The topological polar surface area (TPSA) is 60.7 Å². The van der Waals surface area contributed by atoms with Crippen LogP contribution >= 0.6 is 15.9 Å². The molecule has 24 heavy (non-hydrogen) atoms. The van der Waals surface area contributed by atoms with Crippen LogP contribution in [0, 0.1) is 13.8 Å². The fourth-order valence-corrected chi connectivity index (χ4v) is 2.80. The Balaban J connectivity index is 1.81. The van der Waals surface area contributed by atoms with Crippen molar-refractivity contribution in [3.63, 3.8) is 0 Å². The van der Waals surface area contributed by atoms with Gasteiger partial charge in [0.1, 0.15) is 12.3 Å². The molecule has 0 aliphatic rings. The summed E-state index contributed by atoms with van der Waals surface area (Å²) in [5.74, 6) is -0.426. The molecule has 0 unspecified atom stereocenters. The van der Waals surface area contributed by atoms with Crippen molar-refractivity contribution in [1.29, 1.82) is 0 Å². The van der Waals surface area contributed by atoms with E-state index in [1.165, 1.54) is 10.5 Å². The number of pyridine rings is 1. The quantitative estimate of drug-likeness (QED) is 0.646. The molecule has 0 atom stereocenters. The van der Waals surface area contributed by atoms with E-state index in [0.29, 0.717) is 16.9 Å². The molecular weight excluding hydrogens is 372 g/mol. The van der Waals surface area contributed by atoms with Crippen LogP contribution in [0.3, 0.4) is 0 Å². The molecule has 0 N–H and O–H groups in total. The van der Waals surface area contributed by atoms with E-state index in [-0.39, 0.29) is 12.2 Å². The summed E-state index contributed by atoms with van der Waals surface area (Å²) in [7, 11) is 0. The van der Waals surface area contributed by atoms with E-state index < -0.39 is 5.97 Å². The Kier molecular flexibility index (Phi) is 4.49. The number of carbonyl (C=O) groups is 1. The first-order chi connectivity index (χ1) is 11.4. The summed E-state index contributed by atoms with van der Waals surface area (Å²) in [5, 5.41) is 0. The zero-order chi connectivity index (χ0) is 17.3. The van der Waals surface area contributed by atoms with Crippen molar-refractivity contribution < 1.29 is 9.53 Å². The average molecular weight is 387 g/mol. The Bertz CT molecular complexity index is 995. The number of carbonyl (C=O) groups excluding carboxylic acids is 1. The van der Waals surface area contributed by atoms with E-state index in [9.17, 15) is 9.59 Å². The number of esters is 1. The minimum Gasteiger partial charge on any atom is -0.456 e. The lowest BCUT2D eigenvalue weighted by Gasteiger charge is -2.08. The van der Waals surface area contributed by atoms with Gasteiger partial charge in [-0.2, -0.15) is 0 Å². The van der Waals surface area contributed by atoms with Gasteiger partial charge in [-0.1, -0.05) is 17.7 Å². The van der Waals surface area contributed by atoms with E-state index in [1.807, 2.05) is 26.0 Å². The number of nitrogens with zero attached hydrogens (tertiary/aromatic N) is 2. The number of rotatable bonds is 3. The van der Waals surface area contributed by atoms with Crippen molar-refractivity contribution in [3.05, 3.63) is 79.8 Å². The van der Waals surface area contributed by atoms with Crippen LogP contribution in [0.4, 0.5) is 0 Å². The van der Waals surface area contributed by atoms with E-state index in [0.717, 1.165) is 15.6 Å². The standard InChI is InChI=1S/C18H15BrN2O3/c1-11-3-5-15(12(2)7-11)18(23)24-10-14-8-17(22)21-9-13(19)4-6-16(21)20-14/h3-9H,10H2,1-2H3. The van der Waals surface area contributed by atoms with Crippen LogP contribution in [0.2, 0.25) is 0 Å². The molecule has 0 aliphatic carbocycles. The summed E-state index contributed by atoms with van der Waals surface area (Å²) in [6.07, 6.45) is 1.65. The normalized spacial score (nSPS) is 10.8. The van der Waals surface area contributed by atoms with E-state index in [1.54, 1.807) is 24.4 Å². The molecule has 5 nitrogen and oxygen atoms in total. The summed E-state index contributed by atoms with van der Waals surface area (Å²) in [6, 6.07) is 10.4. The fourth-order valence-electron chi connectivity index (χ4n) is 2.46. The molecule has 3 aromatic rings. The molecule has 122 valence electrons. The second kappa shape index (κ2) is 6.57. The fraction of sp³-hybridized carbons (Fsp3) is 0.167. The predicted molar refractivity (Wildman–Crippen MR) is 94.2 cm³/mol. The number of hydrogen-bond donors (Lipinski definition) is 0. The van der Waals surface area contributed by atoms with Crippen LogP contribution in [0.1, 0.15) is 27.2 Å². The Labute approximate surface area is 147 Å². The second-order valence-electron chi connectivity index (χ2n) is 5.56. The van der Waals surface area contributed by atoms with Crippen molar-refractivity contribution in [3.8, 4) is 0 Å². The first-order valence-corrected chi connectivity index (χ1v) is 8.15. The first-order valence-electron chi connectivity index (χ1n) is 7.36. The van der Waals surface area contributed by atoms with Gasteiger partial charge >= 0.3 is 5.97 Å². The van der Waals surface area contributed by atoms with Gasteiger partial charge in [0.15, 0.2) is 0 Å². The van der Waals surface area contributed by atoms with Crippen LogP contribution in [-0.4, -0.2) is 15.4 Å². The Morgan fingerprint density at radius 3 is 2.75 bits per heavy atom. The van der Waals surface area contributed by atoms with Crippen LogP contribution in [0.15, 0.2) is 51.9 Å². The highest BCUT2D eigenvalue weighted by atomic mass is 79.9. The summed E-state index contributed by atoms with van der Waals surface area (Å²) < 4.78 is 7.52. The molecule has 0 saturated carbocycles. The smallest absolute Gasteiger partial charge is 0.338 e. The van der Waals surface area contributed by atoms with Crippen molar-refractivity contribution in [2.45, 2.75) is 20.5 Å². The van der Waals surface area contributed by atoms with Gasteiger partial charge in [0.05, 0.1) is 11.3 Å². The third kappa shape index (κ3) is 3.38. The highest BCUT2D eigenvalue weighted by Crippen LogP contribution is 2.13. The number of ether oxygens (including phenoxy) is 1. The van der Waals surface area contributed by atoms with Gasteiger partial charge in [-0.15, -0.1) is 0 Å². The van der Waals surface area contributed by atoms with E-state index >= 15 is 0 Å². The molecule has 2 aromatic heterocycles. The number of halogens is 1. The molecule has 0 saturated heterocycles. The Morgan fingerprint density at radius 2 is 2.00 bits per heavy atom. The highest BCUT2D eigenvalue weighted by molar-refractivity contribution is 9.10. The van der Waals surface area contributed by atoms with Crippen molar-refractivity contribution in [1.82, 2.24) is 9.38 Å². The van der Waals surface area contributed by atoms with Crippen LogP contribution in [-0.2, 0) is 11.3 Å². The molecule has 0 fully saturated rings. The van der Waals surface area contributed by atoms with Gasteiger partial charge < -0.3 is 4.74 Å². The summed E-state index contributed by atoms with van der Waals surface area (Å²) >= 11 is 3.32. The van der Waals surface area contributed by atoms with Crippen molar-refractivity contribution >= 4 is 27.5 Å². The SMILES string of the molecule is Cc1ccc(C(=O)OCc2cc(=O)n3cc(Br)ccc3n2)c(C)c1. The first kappa shape index (κ1) is 16.4. The maximum Gasteiger partial charge on any atom is 0.338 e. The number of fused-ring (bicyclic) bond motifs is 1. The van der Waals surface area contributed by atoms with Crippen molar-refractivity contribution in [2.75, 3.05) is 0 Å². The zero-order valence-electron chi connectivity index (χ0n) is 13.2. The Morgan fingerprint density at radius 1 is 1.21 bits per heavy atom. The summed E-state index contributed by atoms with van der Waals surface area (Å²) in [4.78, 5) is 28.7. The molecule has 0 bridgehead atoms. The molecular formula is C18H15BrN2O3. The largest absolute Gasteiger partial charge is 0.456 e. The molecule has 0 amide bonds. The van der Waals surface area contributed by atoms with Crippen LogP contribution in [0.5, 0.6) is 0 Å². The lowest BCUT2D eigenvalue weighted by molar-refractivity contribution is 0.0467. The number of aromatic nitrogens is 2. The summed E-state index contributed by atoms with van der Waals surface area (Å²) in [6.45, 7) is 3.78. The Hall–Kier alpha value is -2.47. The maximum atomic E-state index is 12.2. The second-order valence-corrected chi connectivity index (χ2v) is 6.47. The lowest BCUT2D eigenvalue weighted by atomic mass is 10.1. The predicted octanol–water partition coefficient (Wildman–Crippen LogP) is 3.43. The summed E-state index contributed by atoms with van der Waals surface area (Å²) in [5.41, 5.74) is 3.15. The molecule has 0 radical (unpaired) electrons. The third-order valence-corrected chi connectivity index (χ3v) is 4.10. The van der Waals surface area contributed by atoms with Gasteiger partial charge in [-0.25, -0.2) is 9.78 Å². The van der Waals surface area contributed by atoms with E-state index in [2.05, 4.69) is 20.9 Å². The maximum absolute atomic E-state index is 12.2. The van der Waals surface area contributed by atoms with Crippen LogP contribution < -0.4 is 5.56 Å². The molecule has 1 aromatic carbocycles. The zero-order valence-corrected chi connectivity index (χ0v) is 14.8. The highest BCUT2D eigenvalue weighted by Gasteiger charge is 2.12. The number of benzene rings is 1. The third-order valence-electron chi connectivity index (χ3n) is 3.63. The molecule has 2 heterocycles. The van der Waals surface area contributed by atoms with Gasteiger partial charge in [0, 0.05) is 16.7 Å². The molecule has 3 rings (SSSR count). The van der Waals surface area contributed by atoms with Crippen LogP contribution in [0.25, 0.3) is 5.65 Å². The van der Waals surface area contributed by atoms with Gasteiger partial charge in [-0.05, 0) is 53.5 Å². The number of aryl methyl sites for hydroxylation is 2. The minimum absolute atomic E-state index is 0.0477. The lowest BCUT2D eigenvalue weighted by Crippen LogP contribution is -2.16. The van der Waals surface area contributed by atoms with E-state index in [4.69, 9.17) is 4.74 Å². The molecule has 0 aliphatic heterocycles. The molecule has 6 heteroatoms. The van der Waals surface area contributed by atoms with Gasteiger partial charge in [0.25, 0.3) is 5.56 Å². The average Bonchev–Trinajstić information content (AvgIpc) is 2.53.